The molecule has 0 aromatic rings. The first-order chi connectivity index (χ1) is 13.3. The highest BCUT2D eigenvalue weighted by atomic mass is 16.6. The van der Waals surface area contributed by atoms with Crippen LogP contribution in [0.2, 0.25) is 0 Å². The van der Waals surface area contributed by atoms with E-state index in [2.05, 4.69) is 0 Å². The lowest BCUT2D eigenvalue weighted by molar-refractivity contribution is -0.434. The Balaban J connectivity index is 4.76. The number of hydrogen-bond acceptors (Lipinski definition) is 7. The molecule has 0 unspecified atom stereocenters. The van der Waals surface area contributed by atoms with Gasteiger partial charge in [-0.3, -0.25) is 35.1 Å². The molecule has 10 heteroatoms. The Labute approximate surface area is 163 Å². The van der Waals surface area contributed by atoms with Crippen LogP contribution in [0, 0.1) is 30.3 Å². The van der Waals surface area contributed by atoms with Crippen molar-refractivity contribution in [2.75, 3.05) is 0 Å². The summed E-state index contributed by atoms with van der Waals surface area (Å²) in [6.07, 6.45) is 10.4. The molecule has 0 bridgehead atoms. The maximum Gasteiger partial charge on any atom is 0.246 e. The molecule has 0 aromatic carbocycles. The molecule has 0 heterocycles. The van der Waals surface area contributed by atoms with E-state index in [0.717, 1.165) is 44.3 Å². The van der Waals surface area contributed by atoms with Gasteiger partial charge >= 0.3 is 0 Å². The number of nitro groups is 3. The quantitative estimate of drug-likeness (QED) is 0.212. The summed E-state index contributed by atoms with van der Waals surface area (Å²) in [4.78, 5) is 41.2. The van der Waals surface area contributed by atoms with Gasteiger partial charge in [-0.2, -0.15) is 0 Å². The van der Waals surface area contributed by atoms with Crippen molar-refractivity contribution in [1.82, 2.24) is 0 Å². The third-order valence-electron chi connectivity index (χ3n) is 4.02. The summed E-state index contributed by atoms with van der Waals surface area (Å²) in [6.45, 7) is 1.57. The average molecular weight is 396 g/mol. The van der Waals surface area contributed by atoms with E-state index in [-0.39, 0.29) is 36.4 Å². The van der Waals surface area contributed by atoms with Crippen LogP contribution in [-0.4, -0.2) is 21.1 Å². The molecule has 155 valence electrons. The minimum atomic E-state index is -0.682. The van der Waals surface area contributed by atoms with E-state index in [1.54, 1.807) is 6.92 Å². The van der Waals surface area contributed by atoms with Crippen LogP contribution >= 0.6 is 0 Å². The van der Waals surface area contributed by atoms with Crippen LogP contribution in [0.15, 0.2) is 35.3 Å². The standard InChI is InChI=1S/C18H26N3O7/c1-2-16(19(23)24)11-12-18(21(27)28)14-13-17(20(25)26)10-8-6-4-3-5-7-9-15-22/h10-11,14H,2-9,12-13H2,1H3/b16-11+,17-10+,18-14+. The Kier molecular flexibility index (Phi) is 13.6. The van der Waals surface area contributed by atoms with E-state index >= 15 is 0 Å². The van der Waals surface area contributed by atoms with Crippen LogP contribution in [0.3, 0.4) is 0 Å². The van der Waals surface area contributed by atoms with E-state index in [9.17, 15) is 35.1 Å². The molecule has 10 nitrogen and oxygen atoms in total. The zero-order valence-electron chi connectivity index (χ0n) is 16.0. The molecular weight excluding hydrogens is 370 g/mol. The molecule has 1 radical (unpaired) electrons. The number of allylic oxidation sites excluding steroid dienone is 4. The molecule has 0 fully saturated rings. The van der Waals surface area contributed by atoms with Gasteiger partial charge in [0, 0.05) is 12.8 Å². The lowest BCUT2D eigenvalue weighted by Gasteiger charge is -1.99. The topological polar surface area (TPSA) is 146 Å². The third-order valence-corrected chi connectivity index (χ3v) is 4.02. The van der Waals surface area contributed by atoms with Crippen LogP contribution in [0.4, 0.5) is 0 Å². The smallest absolute Gasteiger partial charge is 0.246 e. The van der Waals surface area contributed by atoms with Gasteiger partial charge in [-0.1, -0.05) is 26.2 Å². The Bertz CT molecular complexity index is 639. The highest BCUT2D eigenvalue weighted by molar-refractivity contribution is 5.50. The Morgan fingerprint density at radius 2 is 1.21 bits per heavy atom. The number of hydrogen-bond donors (Lipinski definition) is 0. The second-order valence-corrected chi connectivity index (χ2v) is 6.07. The second kappa shape index (κ2) is 15.2. The van der Waals surface area contributed by atoms with Crippen molar-refractivity contribution in [2.45, 2.75) is 71.1 Å². The molecular formula is C18H26N3O7. The van der Waals surface area contributed by atoms with Gasteiger partial charge in [0.25, 0.3) is 0 Å². The van der Waals surface area contributed by atoms with Gasteiger partial charge in [0.15, 0.2) is 6.29 Å². The van der Waals surface area contributed by atoms with Gasteiger partial charge in [-0.05, 0) is 37.5 Å². The highest BCUT2D eigenvalue weighted by Crippen LogP contribution is 2.15. The van der Waals surface area contributed by atoms with E-state index in [4.69, 9.17) is 0 Å². The van der Waals surface area contributed by atoms with Crippen molar-refractivity contribution in [1.29, 1.82) is 0 Å². The summed E-state index contributed by atoms with van der Waals surface area (Å²) in [6, 6.07) is 0. The van der Waals surface area contributed by atoms with Crippen molar-refractivity contribution in [3.63, 3.8) is 0 Å². The minimum Gasteiger partial charge on any atom is -0.291 e. The maximum atomic E-state index is 11.1. The van der Waals surface area contributed by atoms with Crippen molar-refractivity contribution >= 4 is 6.29 Å². The van der Waals surface area contributed by atoms with E-state index < -0.39 is 14.8 Å². The second-order valence-electron chi connectivity index (χ2n) is 6.07. The van der Waals surface area contributed by atoms with Crippen LogP contribution in [0.5, 0.6) is 0 Å². The molecule has 0 saturated heterocycles. The summed E-state index contributed by atoms with van der Waals surface area (Å²) in [7, 11) is 0. The minimum absolute atomic E-state index is 0.130. The van der Waals surface area contributed by atoms with Gasteiger partial charge in [0.05, 0.1) is 27.6 Å². The van der Waals surface area contributed by atoms with Crippen molar-refractivity contribution in [3.05, 3.63) is 65.7 Å². The van der Waals surface area contributed by atoms with Crippen LogP contribution in [-0.2, 0) is 4.79 Å². The first kappa shape index (κ1) is 25.1. The van der Waals surface area contributed by atoms with E-state index in [1.165, 1.54) is 6.08 Å². The van der Waals surface area contributed by atoms with Crippen LogP contribution in [0.25, 0.3) is 0 Å². The Hall–Kier alpha value is -2.91. The third kappa shape index (κ3) is 11.7. The molecule has 0 atom stereocenters. The van der Waals surface area contributed by atoms with Crippen molar-refractivity contribution in [2.24, 2.45) is 0 Å². The summed E-state index contributed by atoms with van der Waals surface area (Å²) >= 11 is 0. The van der Waals surface area contributed by atoms with Crippen LogP contribution in [0.1, 0.15) is 71.1 Å². The van der Waals surface area contributed by atoms with Gasteiger partial charge < -0.3 is 0 Å². The molecule has 0 saturated carbocycles. The summed E-state index contributed by atoms with van der Waals surface area (Å²) < 4.78 is 0. The van der Waals surface area contributed by atoms with Gasteiger partial charge in [0.1, 0.15) is 0 Å². The van der Waals surface area contributed by atoms with Crippen molar-refractivity contribution < 1.29 is 19.6 Å². The molecule has 0 amide bonds. The van der Waals surface area contributed by atoms with Crippen LogP contribution < -0.4 is 0 Å². The van der Waals surface area contributed by atoms with Crippen molar-refractivity contribution in [3.8, 4) is 0 Å². The van der Waals surface area contributed by atoms with E-state index in [0.29, 0.717) is 12.8 Å². The fourth-order valence-corrected chi connectivity index (χ4v) is 2.40. The molecule has 0 aliphatic heterocycles. The zero-order chi connectivity index (χ0) is 21.4. The van der Waals surface area contributed by atoms with E-state index in [1.807, 2.05) is 6.29 Å². The normalized spacial score (nSPS) is 12.7. The first-order valence-corrected chi connectivity index (χ1v) is 9.18. The molecule has 0 aliphatic rings. The average Bonchev–Trinajstić information content (AvgIpc) is 2.63. The lowest BCUT2D eigenvalue weighted by Crippen LogP contribution is -2.03. The van der Waals surface area contributed by atoms with Gasteiger partial charge in [0.2, 0.25) is 17.1 Å². The predicted molar refractivity (Wildman–Crippen MR) is 103 cm³/mol. The lowest BCUT2D eigenvalue weighted by atomic mass is 10.1. The molecule has 28 heavy (non-hydrogen) atoms. The Morgan fingerprint density at radius 3 is 1.71 bits per heavy atom. The predicted octanol–water partition coefficient (Wildman–Crippen LogP) is 4.50. The number of unbranched alkanes of at least 4 members (excludes halogenated alkanes) is 6. The number of nitrogens with zero attached hydrogens (tertiary/aromatic N) is 3. The SMILES string of the molecule is CC/C(=C\C/C(=C\C/C(=C\CCCCCCC[C]=O)[N+](=O)[O-])[N+](=O)[O-])[N+](=O)[O-]. The monoisotopic (exact) mass is 396 g/mol. The van der Waals surface area contributed by atoms with Gasteiger partial charge in [-0.25, -0.2) is 0 Å². The molecule has 0 aromatic heterocycles. The summed E-state index contributed by atoms with van der Waals surface area (Å²) in [5.74, 6) is 0. The molecule has 0 aliphatic carbocycles. The van der Waals surface area contributed by atoms with Gasteiger partial charge in [-0.15, -0.1) is 0 Å². The molecule has 0 spiro atoms. The fraction of sp³-hybridized carbons (Fsp3) is 0.611. The summed E-state index contributed by atoms with van der Waals surface area (Å²) in [5, 5.41) is 33.0. The molecule has 0 rings (SSSR count). The molecule has 0 N–H and O–H groups in total. The number of rotatable bonds is 16. The fourth-order valence-electron chi connectivity index (χ4n) is 2.40. The first-order valence-electron chi connectivity index (χ1n) is 9.18. The maximum absolute atomic E-state index is 11.1. The highest BCUT2D eigenvalue weighted by Gasteiger charge is 2.16. The Morgan fingerprint density at radius 1 is 0.750 bits per heavy atom. The summed E-state index contributed by atoms with van der Waals surface area (Å²) in [5.41, 5.74) is -0.583. The largest absolute Gasteiger partial charge is 0.291 e. The zero-order valence-corrected chi connectivity index (χ0v) is 16.0. The number of carbonyl (C=O) groups excluding carboxylic acids is 1.